The zero-order valence-electron chi connectivity index (χ0n) is 22.0. The Bertz CT molecular complexity index is 1840. The summed E-state index contributed by atoms with van der Waals surface area (Å²) < 4.78 is 24.1. The van der Waals surface area contributed by atoms with Gasteiger partial charge in [-0.3, -0.25) is 9.36 Å². The molecule has 0 radical (unpaired) electrons. The lowest BCUT2D eigenvalue weighted by atomic mass is 9.95. The number of nitrogens with zero attached hydrogens (tertiary/aromatic N) is 2. The summed E-state index contributed by atoms with van der Waals surface area (Å²) in [6.45, 7) is 3.63. The van der Waals surface area contributed by atoms with E-state index in [4.69, 9.17) is 41.8 Å². The Morgan fingerprint density at radius 3 is 2.58 bits per heavy atom. The van der Waals surface area contributed by atoms with E-state index < -0.39 is 12.0 Å². The zero-order chi connectivity index (χ0) is 28.6. The molecule has 1 aliphatic heterocycles. The van der Waals surface area contributed by atoms with Gasteiger partial charge in [-0.1, -0.05) is 40.6 Å². The molecule has 2 aromatic heterocycles. The average molecular weight is 599 g/mol. The highest BCUT2D eigenvalue weighted by molar-refractivity contribution is 7.07. The molecule has 2 aromatic carbocycles. The van der Waals surface area contributed by atoms with Crippen molar-refractivity contribution in [3.05, 3.63) is 101 Å². The lowest BCUT2D eigenvalue weighted by molar-refractivity contribution is -0.139. The van der Waals surface area contributed by atoms with E-state index >= 15 is 0 Å². The van der Waals surface area contributed by atoms with Crippen LogP contribution >= 0.6 is 34.5 Å². The van der Waals surface area contributed by atoms with Crippen LogP contribution in [-0.4, -0.2) is 31.4 Å². The van der Waals surface area contributed by atoms with Gasteiger partial charge in [0.25, 0.3) is 5.56 Å². The third-order valence-electron chi connectivity index (χ3n) is 6.34. The number of hydrogen-bond acceptors (Lipinski definition) is 8. The molecule has 0 bridgehead atoms. The molecule has 8 nitrogen and oxygen atoms in total. The second-order valence-electron chi connectivity index (χ2n) is 8.74. The number of aromatic nitrogens is 1. The van der Waals surface area contributed by atoms with E-state index in [2.05, 4.69) is 4.99 Å². The number of carbonyl (C=O) groups excluding carboxylic acids is 1. The summed E-state index contributed by atoms with van der Waals surface area (Å²) in [6.07, 6.45) is 1.65. The third kappa shape index (κ3) is 5.08. The first-order valence-corrected chi connectivity index (χ1v) is 13.8. The molecule has 5 rings (SSSR count). The van der Waals surface area contributed by atoms with Gasteiger partial charge in [0.05, 0.1) is 47.7 Å². The van der Waals surface area contributed by atoms with E-state index in [1.54, 1.807) is 68.5 Å². The van der Waals surface area contributed by atoms with Crippen molar-refractivity contribution in [2.75, 3.05) is 20.8 Å². The minimum atomic E-state index is -0.794. The quantitative estimate of drug-likeness (QED) is 0.265. The highest BCUT2D eigenvalue weighted by Crippen LogP contribution is 2.36. The molecular weight excluding hydrogens is 575 g/mol. The second kappa shape index (κ2) is 11.4. The van der Waals surface area contributed by atoms with Crippen LogP contribution in [0.2, 0.25) is 10.0 Å². The van der Waals surface area contributed by atoms with Crippen molar-refractivity contribution in [1.29, 1.82) is 0 Å². The average Bonchev–Trinajstić information content (AvgIpc) is 3.51. The topological polar surface area (TPSA) is 92.3 Å². The number of thiazole rings is 1. The molecule has 1 unspecified atom stereocenters. The number of carbonyl (C=O) groups is 1. The number of hydrogen-bond donors (Lipinski definition) is 0. The lowest BCUT2D eigenvalue weighted by Gasteiger charge is -2.25. The van der Waals surface area contributed by atoms with Gasteiger partial charge in [0.2, 0.25) is 0 Å². The highest BCUT2D eigenvalue weighted by atomic mass is 35.5. The van der Waals surface area contributed by atoms with Gasteiger partial charge in [0.15, 0.2) is 16.3 Å². The van der Waals surface area contributed by atoms with E-state index in [0.717, 1.165) is 0 Å². The smallest absolute Gasteiger partial charge is 0.338 e. The number of allylic oxidation sites excluding steroid dienone is 1. The van der Waals surface area contributed by atoms with Crippen LogP contribution in [0.3, 0.4) is 0 Å². The predicted molar refractivity (Wildman–Crippen MR) is 154 cm³/mol. The molecule has 0 N–H and O–H groups in total. The van der Waals surface area contributed by atoms with Gasteiger partial charge in [-0.25, -0.2) is 9.79 Å². The number of esters is 1. The van der Waals surface area contributed by atoms with Crippen molar-refractivity contribution >= 4 is 46.6 Å². The molecular formula is C29H24Cl2N2O6S. The first-order chi connectivity index (χ1) is 19.2. The summed E-state index contributed by atoms with van der Waals surface area (Å²) in [5, 5.41) is 0.966. The summed E-state index contributed by atoms with van der Waals surface area (Å²) in [5.74, 6) is 1.42. The predicted octanol–water partition coefficient (Wildman–Crippen LogP) is 5.38. The van der Waals surface area contributed by atoms with Crippen LogP contribution < -0.4 is 24.4 Å². The van der Waals surface area contributed by atoms with Gasteiger partial charge in [-0.05, 0) is 61.9 Å². The Hall–Kier alpha value is -3.79. The van der Waals surface area contributed by atoms with E-state index in [1.807, 2.05) is 0 Å². The molecule has 206 valence electrons. The fourth-order valence-corrected chi connectivity index (χ4v) is 6.05. The van der Waals surface area contributed by atoms with Gasteiger partial charge >= 0.3 is 5.97 Å². The monoisotopic (exact) mass is 598 g/mol. The van der Waals surface area contributed by atoms with Crippen LogP contribution in [0, 0.1) is 0 Å². The first kappa shape index (κ1) is 27.8. The van der Waals surface area contributed by atoms with E-state index in [1.165, 1.54) is 30.1 Å². The summed E-state index contributed by atoms with van der Waals surface area (Å²) in [4.78, 5) is 32.0. The molecule has 3 heterocycles. The van der Waals surface area contributed by atoms with Gasteiger partial charge in [0.1, 0.15) is 11.5 Å². The molecule has 4 aromatic rings. The molecule has 0 fully saturated rings. The van der Waals surface area contributed by atoms with Crippen LogP contribution in [0.25, 0.3) is 17.4 Å². The molecule has 0 saturated carbocycles. The molecule has 0 aliphatic carbocycles. The van der Waals surface area contributed by atoms with Crippen LogP contribution in [0.1, 0.15) is 31.2 Å². The van der Waals surface area contributed by atoms with Crippen molar-refractivity contribution in [3.8, 4) is 22.8 Å². The Labute approximate surface area is 243 Å². The lowest BCUT2D eigenvalue weighted by Crippen LogP contribution is -2.39. The molecule has 1 aliphatic rings. The van der Waals surface area contributed by atoms with Gasteiger partial charge in [-0.2, -0.15) is 0 Å². The van der Waals surface area contributed by atoms with Crippen molar-refractivity contribution in [2.24, 2.45) is 4.99 Å². The van der Waals surface area contributed by atoms with Gasteiger partial charge < -0.3 is 18.6 Å². The van der Waals surface area contributed by atoms with Gasteiger partial charge in [0, 0.05) is 16.7 Å². The maximum atomic E-state index is 13.9. The third-order valence-corrected chi connectivity index (χ3v) is 7.87. The SMILES string of the molecule is CCOC(=O)C1=C(C)N=c2s/c(=C/c3ccc(-c4ccc(Cl)cc4Cl)o3)c(=O)n2C1c1ccc(OC)c(OC)c1. The Balaban J connectivity index is 1.65. The standard InChI is InChI=1S/C29H24Cl2N2O6S/c1-5-38-28(35)25-15(2)32-29-33(26(25)16-6-10-22(36-3)23(12-16)37-4)27(34)24(40-29)14-18-8-11-21(39-18)19-9-7-17(30)13-20(19)31/h6-14,26H,5H2,1-4H3/b24-14+. The maximum absolute atomic E-state index is 13.9. The van der Waals surface area contributed by atoms with Gasteiger partial charge in [-0.15, -0.1) is 0 Å². The fraction of sp³-hybridized carbons (Fsp3) is 0.207. The minimum Gasteiger partial charge on any atom is -0.493 e. The number of furan rings is 1. The number of fused-ring (bicyclic) bond motifs is 1. The first-order valence-electron chi connectivity index (χ1n) is 12.2. The Morgan fingerprint density at radius 1 is 1.10 bits per heavy atom. The molecule has 0 saturated heterocycles. The number of halogens is 2. The number of ether oxygens (including phenoxy) is 3. The van der Waals surface area contributed by atoms with Crippen molar-refractivity contribution in [2.45, 2.75) is 19.9 Å². The zero-order valence-corrected chi connectivity index (χ0v) is 24.3. The molecule has 0 spiro atoms. The molecule has 11 heteroatoms. The Kier molecular flexibility index (Phi) is 7.89. The van der Waals surface area contributed by atoms with Crippen LogP contribution in [0.5, 0.6) is 11.5 Å². The largest absolute Gasteiger partial charge is 0.493 e. The van der Waals surface area contributed by atoms with Crippen molar-refractivity contribution in [1.82, 2.24) is 4.57 Å². The summed E-state index contributed by atoms with van der Waals surface area (Å²) in [5.41, 5.74) is 1.71. The highest BCUT2D eigenvalue weighted by Gasteiger charge is 2.34. The summed E-state index contributed by atoms with van der Waals surface area (Å²) in [7, 11) is 3.06. The molecule has 40 heavy (non-hydrogen) atoms. The van der Waals surface area contributed by atoms with Crippen LogP contribution in [0.15, 0.2) is 74.0 Å². The fourth-order valence-electron chi connectivity index (χ4n) is 4.52. The van der Waals surface area contributed by atoms with E-state index in [0.29, 0.717) is 59.2 Å². The number of methoxy groups -OCH3 is 2. The normalized spacial score (nSPS) is 15.1. The summed E-state index contributed by atoms with van der Waals surface area (Å²) in [6, 6.07) is 13.1. The minimum absolute atomic E-state index is 0.178. The van der Waals surface area contributed by atoms with Crippen LogP contribution in [0.4, 0.5) is 0 Å². The van der Waals surface area contributed by atoms with Crippen LogP contribution in [-0.2, 0) is 9.53 Å². The molecule has 0 amide bonds. The number of benzene rings is 2. The molecule has 1 atom stereocenters. The van der Waals surface area contributed by atoms with E-state index in [9.17, 15) is 9.59 Å². The second-order valence-corrected chi connectivity index (χ2v) is 10.6. The summed E-state index contributed by atoms with van der Waals surface area (Å²) >= 11 is 13.6. The van der Waals surface area contributed by atoms with Crippen molar-refractivity contribution in [3.63, 3.8) is 0 Å². The van der Waals surface area contributed by atoms with Crippen molar-refractivity contribution < 1.29 is 23.4 Å². The maximum Gasteiger partial charge on any atom is 0.338 e. The number of rotatable bonds is 7. The Morgan fingerprint density at radius 2 is 1.88 bits per heavy atom. The van der Waals surface area contributed by atoms with E-state index in [-0.39, 0.29) is 17.7 Å².